The lowest BCUT2D eigenvalue weighted by Gasteiger charge is -2.29. The van der Waals surface area contributed by atoms with E-state index in [0.717, 1.165) is 31.4 Å². The van der Waals surface area contributed by atoms with Gasteiger partial charge in [0.1, 0.15) is 11.4 Å². The third-order valence-corrected chi connectivity index (χ3v) is 3.73. The number of hydrogen-bond acceptors (Lipinski definition) is 3. The number of carbonyl (C=O) groups excluding carboxylic acids is 1. The number of carbonyl (C=O) groups is 1. The molecule has 3 nitrogen and oxygen atoms in total. The van der Waals surface area contributed by atoms with Gasteiger partial charge in [0.2, 0.25) is 0 Å². The van der Waals surface area contributed by atoms with E-state index in [1.54, 1.807) is 13.4 Å². The summed E-state index contributed by atoms with van der Waals surface area (Å²) in [7, 11) is 1.66. The number of furan rings is 1. The van der Waals surface area contributed by atoms with Gasteiger partial charge in [-0.3, -0.25) is 4.79 Å². The Labute approximate surface area is 102 Å². The fourth-order valence-corrected chi connectivity index (χ4v) is 2.63. The lowest BCUT2D eigenvalue weighted by molar-refractivity contribution is -0.142. The van der Waals surface area contributed by atoms with E-state index in [4.69, 9.17) is 9.15 Å². The number of rotatable bonds is 4. The van der Waals surface area contributed by atoms with Crippen LogP contribution in [0.5, 0.6) is 0 Å². The van der Waals surface area contributed by atoms with Crippen molar-refractivity contribution < 1.29 is 13.9 Å². The highest BCUT2D eigenvalue weighted by Crippen LogP contribution is 2.31. The number of Topliss-reactive ketones (excluding diaryl/α,β-unsaturated/α-hetero) is 1. The first kappa shape index (κ1) is 12.4. The van der Waals surface area contributed by atoms with Crippen LogP contribution in [0, 0.1) is 0 Å². The maximum atomic E-state index is 12.4. The second kappa shape index (κ2) is 5.50. The Balaban J connectivity index is 2.07. The molecule has 0 radical (unpaired) electrons. The summed E-state index contributed by atoms with van der Waals surface area (Å²) in [6.07, 6.45) is 8.23. The van der Waals surface area contributed by atoms with Crippen LogP contribution in [0.25, 0.3) is 0 Å². The average Bonchev–Trinajstić information content (AvgIpc) is 2.72. The molecule has 0 N–H and O–H groups in total. The molecule has 0 bridgehead atoms. The number of ketones is 1. The molecule has 0 unspecified atom stereocenters. The molecule has 1 aliphatic carbocycles. The van der Waals surface area contributed by atoms with Crippen LogP contribution < -0.4 is 0 Å². The Morgan fingerprint density at radius 3 is 2.59 bits per heavy atom. The van der Waals surface area contributed by atoms with Gasteiger partial charge >= 0.3 is 0 Å². The summed E-state index contributed by atoms with van der Waals surface area (Å²) in [5.74, 6) is 0.896. The van der Waals surface area contributed by atoms with Crippen molar-refractivity contribution in [1.82, 2.24) is 0 Å². The molecule has 0 saturated heterocycles. The van der Waals surface area contributed by atoms with Crippen molar-refractivity contribution >= 4 is 5.78 Å². The van der Waals surface area contributed by atoms with Crippen molar-refractivity contribution in [2.45, 2.75) is 50.5 Å². The lowest BCUT2D eigenvalue weighted by atomic mass is 9.87. The minimum atomic E-state index is -0.566. The third-order valence-electron chi connectivity index (χ3n) is 3.73. The van der Waals surface area contributed by atoms with E-state index in [9.17, 15) is 4.79 Å². The fourth-order valence-electron chi connectivity index (χ4n) is 2.63. The van der Waals surface area contributed by atoms with Gasteiger partial charge in [0, 0.05) is 7.11 Å². The molecule has 1 aliphatic rings. The fraction of sp³-hybridized carbons (Fsp3) is 0.643. The maximum absolute atomic E-state index is 12.4. The van der Waals surface area contributed by atoms with E-state index in [1.807, 2.05) is 12.1 Å². The Kier molecular flexibility index (Phi) is 4.00. The Morgan fingerprint density at radius 2 is 2.06 bits per heavy atom. The molecule has 94 valence electrons. The predicted molar refractivity (Wildman–Crippen MR) is 64.9 cm³/mol. The molecule has 0 amide bonds. The average molecular weight is 236 g/mol. The van der Waals surface area contributed by atoms with Crippen LogP contribution in [0.4, 0.5) is 0 Å². The zero-order valence-electron chi connectivity index (χ0n) is 10.4. The lowest BCUT2D eigenvalue weighted by Crippen LogP contribution is -2.41. The van der Waals surface area contributed by atoms with Crippen LogP contribution in [0.3, 0.4) is 0 Å². The van der Waals surface area contributed by atoms with Crippen molar-refractivity contribution in [1.29, 1.82) is 0 Å². The minimum absolute atomic E-state index is 0.164. The number of methoxy groups -OCH3 is 1. The molecule has 0 atom stereocenters. The summed E-state index contributed by atoms with van der Waals surface area (Å²) in [4.78, 5) is 12.4. The molecule has 2 rings (SSSR count). The van der Waals surface area contributed by atoms with Crippen LogP contribution >= 0.6 is 0 Å². The van der Waals surface area contributed by atoms with Gasteiger partial charge in [-0.2, -0.15) is 0 Å². The maximum Gasteiger partial charge on any atom is 0.172 e. The van der Waals surface area contributed by atoms with Gasteiger partial charge in [0.05, 0.1) is 12.7 Å². The number of hydrogen-bond donors (Lipinski definition) is 0. The van der Waals surface area contributed by atoms with Gasteiger partial charge in [0.15, 0.2) is 5.78 Å². The van der Waals surface area contributed by atoms with Crippen molar-refractivity contribution in [3.05, 3.63) is 24.2 Å². The molecule has 1 aromatic heterocycles. The standard InChI is InChI=1S/C14H20O3/c1-16-14(8-4-2-3-5-9-14)13(15)11-12-7-6-10-17-12/h6-7,10H,2-5,8-9,11H2,1H3. The summed E-state index contributed by atoms with van der Waals surface area (Å²) in [5, 5.41) is 0. The highest BCUT2D eigenvalue weighted by Gasteiger charge is 2.38. The Morgan fingerprint density at radius 1 is 1.35 bits per heavy atom. The van der Waals surface area contributed by atoms with E-state index in [2.05, 4.69) is 0 Å². The van der Waals surface area contributed by atoms with Crippen molar-refractivity contribution in [2.24, 2.45) is 0 Å². The van der Waals surface area contributed by atoms with E-state index in [0.29, 0.717) is 6.42 Å². The van der Waals surface area contributed by atoms with E-state index in [1.165, 1.54) is 12.8 Å². The van der Waals surface area contributed by atoms with Gasteiger partial charge < -0.3 is 9.15 Å². The zero-order valence-corrected chi connectivity index (χ0v) is 10.4. The molecule has 1 fully saturated rings. The smallest absolute Gasteiger partial charge is 0.172 e. The van der Waals surface area contributed by atoms with Crippen molar-refractivity contribution in [3.63, 3.8) is 0 Å². The molecule has 1 saturated carbocycles. The number of ether oxygens (including phenoxy) is 1. The third kappa shape index (κ3) is 2.78. The van der Waals surface area contributed by atoms with Crippen molar-refractivity contribution in [3.8, 4) is 0 Å². The van der Waals surface area contributed by atoms with Crippen LogP contribution in [0.2, 0.25) is 0 Å². The molecule has 0 aromatic carbocycles. The first-order valence-electron chi connectivity index (χ1n) is 6.38. The minimum Gasteiger partial charge on any atom is -0.469 e. The van der Waals surface area contributed by atoms with E-state index in [-0.39, 0.29) is 5.78 Å². The molecule has 0 spiro atoms. The summed E-state index contributed by atoms with van der Waals surface area (Å²) in [6.45, 7) is 0. The van der Waals surface area contributed by atoms with E-state index >= 15 is 0 Å². The Hall–Kier alpha value is -1.09. The monoisotopic (exact) mass is 236 g/mol. The molecular weight excluding hydrogens is 216 g/mol. The van der Waals surface area contributed by atoms with Crippen LogP contribution in [0.1, 0.15) is 44.3 Å². The summed E-state index contributed by atoms with van der Waals surface area (Å²) in [5.41, 5.74) is -0.566. The SMILES string of the molecule is COC1(C(=O)Cc2ccco2)CCCCCC1. The molecule has 17 heavy (non-hydrogen) atoms. The molecular formula is C14H20O3. The predicted octanol–water partition coefficient (Wildman–Crippen LogP) is 3.13. The Bertz CT molecular complexity index is 346. The first-order chi connectivity index (χ1) is 8.27. The van der Waals surface area contributed by atoms with Crippen LogP contribution in [0.15, 0.2) is 22.8 Å². The summed E-state index contributed by atoms with van der Waals surface area (Å²) < 4.78 is 10.8. The second-order valence-corrected chi connectivity index (χ2v) is 4.79. The normalized spacial score (nSPS) is 19.8. The molecule has 1 heterocycles. The van der Waals surface area contributed by atoms with Gasteiger partial charge in [-0.05, 0) is 25.0 Å². The van der Waals surface area contributed by atoms with Gasteiger partial charge in [-0.15, -0.1) is 0 Å². The largest absolute Gasteiger partial charge is 0.469 e. The molecule has 3 heteroatoms. The summed E-state index contributed by atoms with van der Waals surface area (Å²) >= 11 is 0. The molecule has 1 aromatic rings. The zero-order chi connectivity index (χ0) is 12.1. The topological polar surface area (TPSA) is 39.4 Å². The van der Waals surface area contributed by atoms with Gasteiger partial charge in [-0.25, -0.2) is 0 Å². The quantitative estimate of drug-likeness (QED) is 0.754. The van der Waals surface area contributed by atoms with Gasteiger partial charge in [-0.1, -0.05) is 25.7 Å². The van der Waals surface area contributed by atoms with Crippen LogP contribution in [-0.2, 0) is 16.0 Å². The first-order valence-corrected chi connectivity index (χ1v) is 6.38. The second-order valence-electron chi connectivity index (χ2n) is 4.79. The van der Waals surface area contributed by atoms with E-state index < -0.39 is 5.60 Å². The van der Waals surface area contributed by atoms with Gasteiger partial charge in [0.25, 0.3) is 0 Å². The van der Waals surface area contributed by atoms with Crippen LogP contribution in [-0.4, -0.2) is 18.5 Å². The highest BCUT2D eigenvalue weighted by molar-refractivity contribution is 5.88. The molecule has 0 aliphatic heterocycles. The highest BCUT2D eigenvalue weighted by atomic mass is 16.5. The summed E-state index contributed by atoms with van der Waals surface area (Å²) in [6, 6.07) is 3.66. The van der Waals surface area contributed by atoms with Crippen molar-refractivity contribution in [2.75, 3.05) is 7.11 Å².